The highest BCUT2D eigenvalue weighted by atomic mass is 32.1. The summed E-state index contributed by atoms with van der Waals surface area (Å²) >= 11 is 5.46. The maximum Gasteiger partial charge on any atom is 0.200 e. The Morgan fingerprint density at radius 1 is 1.15 bits per heavy atom. The van der Waals surface area contributed by atoms with E-state index in [1.807, 2.05) is 52.4 Å². The predicted molar refractivity (Wildman–Crippen MR) is 106 cm³/mol. The molecule has 4 aromatic rings. The molecule has 27 heavy (non-hydrogen) atoms. The molecule has 1 unspecified atom stereocenters. The summed E-state index contributed by atoms with van der Waals surface area (Å²) < 4.78 is 6.24. The normalized spacial score (nSPS) is 12.4. The molecule has 0 bridgehead atoms. The number of H-pyrrole nitrogens is 1. The summed E-state index contributed by atoms with van der Waals surface area (Å²) in [6.07, 6.45) is 5.74. The Labute approximate surface area is 162 Å². The van der Waals surface area contributed by atoms with Crippen LogP contribution < -0.4 is 0 Å². The van der Waals surface area contributed by atoms with Crippen molar-refractivity contribution >= 4 is 12.2 Å². The molecule has 0 aliphatic rings. The first-order valence-corrected chi connectivity index (χ1v) is 9.19. The van der Waals surface area contributed by atoms with Crippen molar-refractivity contribution in [2.24, 2.45) is 0 Å². The van der Waals surface area contributed by atoms with Crippen molar-refractivity contribution in [3.8, 4) is 5.69 Å². The molecule has 0 aliphatic carbocycles. The van der Waals surface area contributed by atoms with Gasteiger partial charge in [-0.2, -0.15) is 15.3 Å². The molecule has 3 aromatic heterocycles. The van der Waals surface area contributed by atoms with Crippen LogP contribution in [0.25, 0.3) is 5.69 Å². The number of benzene rings is 1. The lowest BCUT2D eigenvalue weighted by Gasteiger charge is -2.12. The van der Waals surface area contributed by atoms with Gasteiger partial charge in [-0.25, -0.2) is 0 Å². The molecule has 1 aromatic carbocycles. The van der Waals surface area contributed by atoms with Gasteiger partial charge in [0.2, 0.25) is 0 Å². The van der Waals surface area contributed by atoms with Gasteiger partial charge in [0.25, 0.3) is 0 Å². The molecule has 0 fully saturated rings. The van der Waals surface area contributed by atoms with Crippen molar-refractivity contribution in [2.75, 3.05) is 0 Å². The monoisotopic (exact) mass is 379 g/mol. The van der Waals surface area contributed by atoms with Crippen LogP contribution in [0.15, 0.2) is 48.9 Å². The number of aromatic amines is 1. The summed E-state index contributed by atoms with van der Waals surface area (Å²) in [7, 11) is 0. The zero-order valence-electron chi connectivity index (χ0n) is 15.5. The Bertz CT molecular complexity index is 1110. The van der Waals surface area contributed by atoms with Gasteiger partial charge in [0.15, 0.2) is 10.6 Å². The van der Waals surface area contributed by atoms with Crippen molar-refractivity contribution in [3.63, 3.8) is 0 Å². The van der Waals surface area contributed by atoms with Gasteiger partial charge in [-0.3, -0.25) is 19.0 Å². The summed E-state index contributed by atoms with van der Waals surface area (Å²) in [5.74, 6) is 0.790. The Morgan fingerprint density at radius 2 is 1.93 bits per heavy atom. The summed E-state index contributed by atoms with van der Waals surface area (Å²) in [5.41, 5.74) is 4.30. The Morgan fingerprint density at radius 3 is 2.63 bits per heavy atom. The van der Waals surface area contributed by atoms with Gasteiger partial charge in [0.1, 0.15) is 6.04 Å². The third-order valence-corrected chi connectivity index (χ3v) is 4.83. The number of nitrogens with one attached hydrogen (secondary N) is 1. The number of rotatable bonds is 5. The van der Waals surface area contributed by atoms with E-state index < -0.39 is 0 Å². The topological polar surface area (TPSA) is 69.2 Å². The zero-order valence-corrected chi connectivity index (χ0v) is 16.3. The quantitative estimate of drug-likeness (QED) is 0.538. The van der Waals surface area contributed by atoms with Crippen molar-refractivity contribution in [3.05, 3.63) is 76.3 Å². The lowest BCUT2D eigenvalue weighted by Crippen LogP contribution is -2.13. The fourth-order valence-electron chi connectivity index (χ4n) is 3.04. The zero-order chi connectivity index (χ0) is 19.0. The number of hydrogen-bond donors (Lipinski definition) is 1. The summed E-state index contributed by atoms with van der Waals surface area (Å²) in [5, 5.41) is 16.3. The van der Waals surface area contributed by atoms with E-state index in [0.29, 0.717) is 11.3 Å². The van der Waals surface area contributed by atoms with Crippen molar-refractivity contribution in [1.82, 2.24) is 34.3 Å². The van der Waals surface area contributed by atoms with Crippen LogP contribution in [0.3, 0.4) is 0 Å². The summed E-state index contributed by atoms with van der Waals surface area (Å²) in [6.45, 7) is 6.80. The molecule has 3 heterocycles. The second kappa shape index (κ2) is 6.96. The van der Waals surface area contributed by atoms with Crippen LogP contribution in [0.2, 0.25) is 0 Å². The van der Waals surface area contributed by atoms with Crippen molar-refractivity contribution < 1.29 is 0 Å². The first-order chi connectivity index (χ1) is 13.0. The highest BCUT2D eigenvalue weighted by molar-refractivity contribution is 7.71. The molecule has 1 N–H and O–H groups in total. The van der Waals surface area contributed by atoms with Crippen LogP contribution in [0.1, 0.15) is 35.6 Å². The molecule has 0 saturated heterocycles. The number of aryl methyl sites for hydroxylation is 2. The minimum atomic E-state index is -0.0629. The van der Waals surface area contributed by atoms with E-state index in [1.165, 1.54) is 11.1 Å². The SMILES string of the molecule is Cc1ccc(Cn2cc(-n3c(C(C)n4ccc(C)n4)n[nH]c3=S)cn2)cc1. The minimum Gasteiger partial charge on any atom is -0.267 e. The van der Waals surface area contributed by atoms with Gasteiger partial charge in [-0.15, -0.1) is 0 Å². The lowest BCUT2D eigenvalue weighted by molar-refractivity contribution is 0.524. The maximum atomic E-state index is 5.46. The molecule has 0 spiro atoms. The summed E-state index contributed by atoms with van der Waals surface area (Å²) in [4.78, 5) is 0. The average molecular weight is 379 g/mol. The highest BCUT2D eigenvalue weighted by Gasteiger charge is 2.18. The summed E-state index contributed by atoms with van der Waals surface area (Å²) in [6, 6.07) is 10.4. The van der Waals surface area contributed by atoms with Crippen LogP contribution in [-0.4, -0.2) is 34.3 Å². The number of nitrogens with zero attached hydrogens (tertiary/aromatic N) is 6. The second-order valence-electron chi connectivity index (χ2n) is 6.72. The maximum absolute atomic E-state index is 5.46. The largest absolute Gasteiger partial charge is 0.267 e. The van der Waals surface area contributed by atoms with Crippen molar-refractivity contribution in [2.45, 2.75) is 33.4 Å². The third-order valence-electron chi connectivity index (χ3n) is 4.55. The fraction of sp³-hybridized carbons (Fsp3) is 0.263. The molecule has 8 heteroatoms. The average Bonchev–Trinajstić information content (AvgIpc) is 3.36. The Balaban J connectivity index is 1.64. The fourth-order valence-corrected chi connectivity index (χ4v) is 3.29. The van der Waals surface area contributed by atoms with E-state index in [-0.39, 0.29) is 6.04 Å². The molecule has 7 nitrogen and oxygen atoms in total. The molecule has 0 saturated carbocycles. The van der Waals surface area contributed by atoms with E-state index in [9.17, 15) is 0 Å². The molecule has 138 valence electrons. The van der Waals surface area contributed by atoms with E-state index >= 15 is 0 Å². The standard InChI is InChI=1S/C19H21N7S/c1-13-4-6-16(7-5-13)11-24-12-17(10-20-24)26-18(21-22-19(26)27)15(3)25-9-8-14(2)23-25/h4-10,12,15H,11H2,1-3H3,(H,22,27). The molecule has 4 rings (SSSR count). The molecular formula is C19H21N7S. The minimum absolute atomic E-state index is 0.0629. The highest BCUT2D eigenvalue weighted by Crippen LogP contribution is 2.20. The predicted octanol–water partition coefficient (Wildman–Crippen LogP) is 3.60. The first kappa shape index (κ1) is 17.4. The Kier molecular flexibility index (Phi) is 4.49. The van der Waals surface area contributed by atoms with Gasteiger partial charge < -0.3 is 0 Å². The molecular weight excluding hydrogens is 358 g/mol. The van der Waals surface area contributed by atoms with E-state index in [0.717, 1.165) is 17.2 Å². The van der Waals surface area contributed by atoms with Gasteiger partial charge in [-0.05, 0) is 44.6 Å². The van der Waals surface area contributed by atoms with Gasteiger partial charge >= 0.3 is 0 Å². The van der Waals surface area contributed by atoms with Crippen LogP contribution >= 0.6 is 12.2 Å². The van der Waals surface area contributed by atoms with E-state index in [1.54, 1.807) is 0 Å². The molecule has 0 aliphatic heterocycles. The molecule has 0 radical (unpaired) electrons. The first-order valence-electron chi connectivity index (χ1n) is 8.79. The number of aromatic nitrogens is 7. The lowest BCUT2D eigenvalue weighted by atomic mass is 10.1. The van der Waals surface area contributed by atoms with Gasteiger partial charge in [0.05, 0.1) is 24.1 Å². The Hall–Kier alpha value is -3.00. The van der Waals surface area contributed by atoms with Crippen LogP contribution in [0.5, 0.6) is 0 Å². The number of hydrogen-bond acceptors (Lipinski definition) is 4. The van der Waals surface area contributed by atoms with Gasteiger partial charge in [-0.1, -0.05) is 29.8 Å². The van der Waals surface area contributed by atoms with E-state index in [2.05, 4.69) is 51.6 Å². The second-order valence-corrected chi connectivity index (χ2v) is 7.10. The van der Waals surface area contributed by atoms with Crippen molar-refractivity contribution in [1.29, 1.82) is 0 Å². The van der Waals surface area contributed by atoms with E-state index in [4.69, 9.17) is 12.2 Å². The third kappa shape index (κ3) is 3.48. The van der Waals surface area contributed by atoms with Gasteiger partial charge in [0, 0.05) is 12.4 Å². The van der Waals surface area contributed by atoms with Crippen LogP contribution in [-0.2, 0) is 6.54 Å². The smallest absolute Gasteiger partial charge is 0.200 e. The van der Waals surface area contributed by atoms with Crippen LogP contribution in [0.4, 0.5) is 0 Å². The molecule has 1 atom stereocenters. The molecule has 0 amide bonds. The van der Waals surface area contributed by atoms with Crippen LogP contribution in [0, 0.1) is 18.6 Å².